The Bertz CT molecular complexity index is 338. The number of aliphatic carboxylic acids is 1. The summed E-state index contributed by atoms with van der Waals surface area (Å²) in [5, 5.41) is 16.8. The second-order valence-electron chi connectivity index (χ2n) is 4.95. The summed E-state index contributed by atoms with van der Waals surface area (Å²) >= 11 is 0. The molecule has 1 aromatic heterocycles. The summed E-state index contributed by atoms with van der Waals surface area (Å²) < 4.78 is 0.844. The highest BCUT2D eigenvalue weighted by molar-refractivity contribution is 5.73. The van der Waals surface area contributed by atoms with Crippen molar-refractivity contribution < 1.29 is 31.9 Å². The Morgan fingerprint density at radius 2 is 2.11 bits per heavy atom. The molecule has 1 rings (SSSR count). The third kappa shape index (κ3) is 11.7. The molecule has 0 spiro atoms. The average Bonchev–Trinajstić information content (AvgIpc) is 2.69. The van der Waals surface area contributed by atoms with E-state index in [0.717, 1.165) is 11.0 Å². The molecule has 0 saturated heterocycles. The van der Waals surface area contributed by atoms with Crippen LogP contribution in [0, 0.1) is 0 Å². The molecule has 0 saturated carbocycles. The third-order valence-electron chi connectivity index (χ3n) is 2.07. The number of hydrogen-bond acceptors (Lipinski definition) is 4. The predicted octanol–water partition coefficient (Wildman–Crippen LogP) is -3.95. The van der Waals surface area contributed by atoms with Gasteiger partial charge in [-0.3, -0.25) is 4.79 Å². The lowest BCUT2D eigenvalue weighted by Gasteiger charge is -2.21. The maximum absolute atomic E-state index is 10.3. The molecule has 1 aromatic rings. The zero-order valence-corrected chi connectivity index (χ0v) is 12.3. The largest absolute Gasteiger partial charge is 1.00 e. The first-order valence-electron chi connectivity index (χ1n) is 5.63. The van der Waals surface area contributed by atoms with Gasteiger partial charge in [0.25, 0.3) is 0 Å². The predicted molar refractivity (Wildman–Crippen MR) is 67.9 cm³/mol. The second kappa shape index (κ2) is 9.74. The van der Waals surface area contributed by atoms with E-state index in [0.29, 0.717) is 5.69 Å². The number of carboxylic acid groups (broad SMARTS) is 1. The van der Waals surface area contributed by atoms with E-state index in [1.807, 2.05) is 0 Å². The number of carboxylic acids is 1. The van der Waals surface area contributed by atoms with Crippen LogP contribution in [0.25, 0.3) is 0 Å². The summed E-state index contributed by atoms with van der Waals surface area (Å²) in [5.41, 5.74) is 5.92. The van der Waals surface area contributed by atoms with Crippen molar-refractivity contribution in [2.24, 2.45) is 5.73 Å². The summed E-state index contributed by atoms with van der Waals surface area (Å²) in [6.07, 6.45) is 3.38. The van der Waals surface area contributed by atoms with Gasteiger partial charge in [0.15, 0.2) is 0 Å². The molecule has 5 N–H and O–H groups in total. The fourth-order valence-corrected chi connectivity index (χ4v) is 1.02. The van der Waals surface area contributed by atoms with E-state index in [2.05, 4.69) is 31.1 Å². The molecule has 1 heterocycles. The van der Waals surface area contributed by atoms with E-state index >= 15 is 0 Å². The zero-order valence-electron chi connectivity index (χ0n) is 11.5. The summed E-state index contributed by atoms with van der Waals surface area (Å²) in [4.78, 5) is 16.8. The Kier molecular flexibility index (Phi) is 10.3. The van der Waals surface area contributed by atoms with Gasteiger partial charge in [0.05, 0.1) is 39.8 Å². The topological polar surface area (TPSA) is 112 Å². The third-order valence-corrected chi connectivity index (χ3v) is 2.07. The van der Waals surface area contributed by atoms with Gasteiger partial charge in [-0.1, -0.05) is 0 Å². The lowest BCUT2D eigenvalue weighted by atomic mass is 10.2. The van der Waals surface area contributed by atoms with E-state index in [4.69, 9.17) is 15.9 Å². The maximum atomic E-state index is 10.3. The van der Waals surface area contributed by atoms with E-state index < -0.39 is 12.0 Å². The van der Waals surface area contributed by atoms with Crippen molar-refractivity contribution in [1.82, 2.24) is 9.97 Å². The molecule has 0 aliphatic rings. The van der Waals surface area contributed by atoms with Gasteiger partial charge in [-0.25, -0.2) is 4.98 Å². The van der Waals surface area contributed by atoms with E-state index in [-0.39, 0.29) is 25.4 Å². The lowest BCUT2D eigenvalue weighted by Crippen LogP contribution is -3.00. The normalized spacial score (nSPS) is 11.8. The van der Waals surface area contributed by atoms with Gasteiger partial charge >= 0.3 is 5.97 Å². The van der Waals surface area contributed by atoms with Crippen LogP contribution in [0.3, 0.4) is 0 Å². The molecule has 1 unspecified atom stereocenters. The van der Waals surface area contributed by atoms with Gasteiger partial charge < -0.3 is 37.8 Å². The lowest BCUT2D eigenvalue weighted by molar-refractivity contribution is -0.870. The number of aliphatic hydroxyl groups is 1. The highest BCUT2D eigenvalue weighted by atomic mass is 35.5. The summed E-state index contributed by atoms with van der Waals surface area (Å²) in [6, 6.07) is -0.863. The van der Waals surface area contributed by atoms with Gasteiger partial charge in [-0.2, -0.15) is 0 Å². The standard InChI is InChI=1S/C6H9N3O2.C5H14NO.ClH/c7-5(6(10)11)1-4-2-8-3-9-4;1-6(2,3)4-5-7;/h2-3,5H,1,7H2,(H,8,9)(H,10,11);7H,4-5H2,1-3H3;1H/q;+1;/p-1. The Labute approximate surface area is 119 Å². The number of halogens is 1. The Balaban J connectivity index is 0. The zero-order chi connectivity index (χ0) is 14.2. The number of rotatable bonds is 5. The monoisotopic (exact) mass is 294 g/mol. The van der Waals surface area contributed by atoms with Crippen LogP contribution in [0.4, 0.5) is 0 Å². The number of quaternary nitrogens is 1. The van der Waals surface area contributed by atoms with Crippen molar-refractivity contribution >= 4 is 5.97 Å². The van der Waals surface area contributed by atoms with Crippen molar-refractivity contribution in [3.63, 3.8) is 0 Å². The average molecular weight is 295 g/mol. The molecule has 112 valence electrons. The number of nitrogens with one attached hydrogen (secondary N) is 1. The SMILES string of the molecule is C[N+](C)(C)CCO.NC(Cc1c[nH]cn1)C(=O)O.[Cl-]. The van der Waals surface area contributed by atoms with Gasteiger partial charge in [-0.15, -0.1) is 0 Å². The van der Waals surface area contributed by atoms with Crippen LogP contribution < -0.4 is 18.1 Å². The first kappa shape index (κ1) is 20.2. The number of imidazole rings is 1. The number of nitrogens with zero attached hydrogens (tertiary/aromatic N) is 2. The molecule has 0 aliphatic heterocycles. The number of nitrogens with two attached hydrogens (primary N) is 1. The molecule has 0 aromatic carbocycles. The molecule has 8 heteroatoms. The van der Waals surface area contributed by atoms with Crippen molar-refractivity contribution in [2.45, 2.75) is 12.5 Å². The summed E-state index contributed by atoms with van der Waals surface area (Å²) in [5.74, 6) is -1.01. The molecule has 0 radical (unpaired) electrons. The molecule has 0 amide bonds. The highest BCUT2D eigenvalue weighted by Gasteiger charge is 2.12. The Morgan fingerprint density at radius 1 is 1.53 bits per heavy atom. The number of H-pyrrole nitrogens is 1. The Morgan fingerprint density at radius 3 is 2.37 bits per heavy atom. The fourth-order valence-electron chi connectivity index (χ4n) is 1.02. The first-order valence-corrected chi connectivity index (χ1v) is 5.63. The molecule has 0 bridgehead atoms. The van der Waals surface area contributed by atoms with Gasteiger partial charge in [0.2, 0.25) is 0 Å². The first-order chi connectivity index (χ1) is 8.26. The molecule has 19 heavy (non-hydrogen) atoms. The van der Waals surface area contributed by atoms with Crippen molar-refractivity contribution in [3.8, 4) is 0 Å². The van der Waals surface area contributed by atoms with Gasteiger partial charge in [-0.05, 0) is 0 Å². The minimum atomic E-state index is -1.01. The van der Waals surface area contributed by atoms with E-state index in [9.17, 15) is 4.79 Å². The minimum Gasteiger partial charge on any atom is -1.00 e. The molecular formula is C11H23ClN4O3. The number of likely N-dealkylation sites (N-methyl/N-ethyl adjacent to an activating group) is 1. The smallest absolute Gasteiger partial charge is 0.320 e. The molecule has 7 nitrogen and oxygen atoms in total. The van der Waals surface area contributed by atoms with Crippen LogP contribution in [0.5, 0.6) is 0 Å². The molecular weight excluding hydrogens is 272 g/mol. The van der Waals surface area contributed by atoms with Crippen molar-refractivity contribution in [2.75, 3.05) is 34.3 Å². The maximum Gasteiger partial charge on any atom is 0.320 e. The minimum absolute atomic E-state index is 0. The van der Waals surface area contributed by atoms with Crippen LogP contribution in [0.1, 0.15) is 5.69 Å². The molecule has 0 aliphatic carbocycles. The fraction of sp³-hybridized carbons (Fsp3) is 0.636. The van der Waals surface area contributed by atoms with Gasteiger partial charge in [0, 0.05) is 12.6 Å². The summed E-state index contributed by atoms with van der Waals surface area (Å²) in [6.45, 7) is 1.11. The number of hydrogen-bond donors (Lipinski definition) is 4. The van der Waals surface area contributed by atoms with E-state index in [1.165, 1.54) is 6.33 Å². The summed E-state index contributed by atoms with van der Waals surface area (Å²) in [7, 11) is 6.16. The molecule has 0 fully saturated rings. The highest BCUT2D eigenvalue weighted by Crippen LogP contribution is 1.95. The van der Waals surface area contributed by atoms with Crippen LogP contribution in [-0.2, 0) is 11.2 Å². The number of carbonyl (C=O) groups is 1. The van der Waals surface area contributed by atoms with Crippen LogP contribution in [0.15, 0.2) is 12.5 Å². The quantitative estimate of drug-likeness (QED) is 0.414. The number of aromatic nitrogens is 2. The van der Waals surface area contributed by atoms with E-state index in [1.54, 1.807) is 6.20 Å². The number of aliphatic hydroxyl groups excluding tert-OH is 1. The van der Waals surface area contributed by atoms with Gasteiger partial charge in [0.1, 0.15) is 12.6 Å². The van der Waals surface area contributed by atoms with Crippen LogP contribution >= 0.6 is 0 Å². The second-order valence-corrected chi connectivity index (χ2v) is 4.95. The Hall–Kier alpha value is -1.15. The number of aromatic amines is 1. The van der Waals surface area contributed by atoms with Crippen molar-refractivity contribution in [3.05, 3.63) is 18.2 Å². The van der Waals surface area contributed by atoms with Crippen LogP contribution in [-0.4, -0.2) is 71.0 Å². The molecule has 1 atom stereocenters. The van der Waals surface area contributed by atoms with Crippen LogP contribution in [0.2, 0.25) is 0 Å². The van der Waals surface area contributed by atoms with Crippen molar-refractivity contribution in [1.29, 1.82) is 0 Å².